The molecule has 2 unspecified atom stereocenters. The molecule has 1 aliphatic rings. The number of nitrogens with two attached hydrogens (primary N) is 1. The zero-order valence-electron chi connectivity index (χ0n) is 12.4. The van der Waals surface area contributed by atoms with Gasteiger partial charge in [0.05, 0.1) is 0 Å². The molecule has 0 spiro atoms. The molecule has 1 aromatic carbocycles. The molecule has 0 aliphatic heterocycles. The number of carbonyl (C=O) groups excluding carboxylic acids is 1. The van der Waals surface area contributed by atoms with Gasteiger partial charge in [0.1, 0.15) is 5.75 Å². The lowest BCUT2D eigenvalue weighted by atomic mass is 9.85. The molecule has 1 fully saturated rings. The van der Waals surface area contributed by atoms with E-state index < -0.39 is 6.61 Å². The van der Waals surface area contributed by atoms with E-state index in [2.05, 4.69) is 26.0 Å². The van der Waals surface area contributed by atoms with Crippen LogP contribution in [0.25, 0.3) is 0 Å². The first-order valence-corrected chi connectivity index (χ1v) is 8.01. The van der Waals surface area contributed by atoms with E-state index in [1.165, 1.54) is 6.07 Å². The van der Waals surface area contributed by atoms with Crippen LogP contribution in [0.5, 0.6) is 5.75 Å². The molecule has 0 radical (unpaired) electrons. The number of ether oxygens (including phenoxy) is 1. The predicted molar refractivity (Wildman–Crippen MR) is 89.8 cm³/mol. The molecule has 0 saturated heterocycles. The van der Waals surface area contributed by atoms with Crippen LogP contribution in [-0.4, -0.2) is 18.6 Å². The van der Waals surface area contributed by atoms with Gasteiger partial charge in [-0.1, -0.05) is 22.4 Å². The van der Waals surface area contributed by atoms with Crippen molar-refractivity contribution in [3.8, 4) is 5.75 Å². The monoisotopic (exact) mass is 412 g/mol. The van der Waals surface area contributed by atoms with Gasteiger partial charge in [-0.3, -0.25) is 4.79 Å². The van der Waals surface area contributed by atoms with Crippen LogP contribution in [0, 0.1) is 5.92 Å². The van der Waals surface area contributed by atoms with Crippen molar-refractivity contribution in [2.24, 2.45) is 11.7 Å². The van der Waals surface area contributed by atoms with Crippen LogP contribution in [0.4, 0.5) is 8.78 Å². The standard InChI is InChI=1S/C15H19BrF2N2O2.ClH/c16-11-4-5-13(22-15(17)18)10(6-11)8-20-14(21)9-2-1-3-12(19)7-9;/h4-6,9,12,15H,1-3,7-8,19H2,(H,20,21);1H. The van der Waals surface area contributed by atoms with Crippen LogP contribution in [0.15, 0.2) is 22.7 Å². The number of amides is 1. The summed E-state index contributed by atoms with van der Waals surface area (Å²) in [5.41, 5.74) is 6.38. The maximum Gasteiger partial charge on any atom is 0.387 e. The third-order valence-corrected chi connectivity index (χ3v) is 4.27. The Bertz CT molecular complexity index is 534. The number of rotatable bonds is 5. The van der Waals surface area contributed by atoms with Gasteiger partial charge < -0.3 is 15.8 Å². The van der Waals surface area contributed by atoms with Crippen molar-refractivity contribution < 1.29 is 18.3 Å². The Labute approximate surface area is 148 Å². The summed E-state index contributed by atoms with van der Waals surface area (Å²) in [5.74, 6) is -0.118. The topological polar surface area (TPSA) is 64.4 Å². The van der Waals surface area contributed by atoms with Gasteiger partial charge in [-0.05, 0) is 37.5 Å². The van der Waals surface area contributed by atoms with Crippen molar-refractivity contribution >= 4 is 34.2 Å². The Hall–Kier alpha value is -0.920. The minimum Gasteiger partial charge on any atom is -0.434 e. The van der Waals surface area contributed by atoms with Gasteiger partial charge in [0.15, 0.2) is 0 Å². The van der Waals surface area contributed by atoms with Crippen molar-refractivity contribution in [3.63, 3.8) is 0 Å². The molecular formula is C15H20BrClF2N2O2. The Morgan fingerprint density at radius 1 is 1.43 bits per heavy atom. The summed E-state index contributed by atoms with van der Waals surface area (Å²) >= 11 is 3.28. The number of hydrogen-bond donors (Lipinski definition) is 2. The molecule has 23 heavy (non-hydrogen) atoms. The second-order valence-corrected chi connectivity index (χ2v) is 6.39. The van der Waals surface area contributed by atoms with Crippen LogP contribution >= 0.6 is 28.3 Å². The first kappa shape index (κ1) is 20.1. The molecule has 8 heteroatoms. The number of nitrogens with one attached hydrogen (secondary N) is 1. The summed E-state index contributed by atoms with van der Waals surface area (Å²) in [6, 6.07) is 4.79. The van der Waals surface area contributed by atoms with Crippen molar-refractivity contribution in [2.45, 2.75) is 44.9 Å². The molecule has 1 amide bonds. The van der Waals surface area contributed by atoms with Gasteiger partial charge in [-0.2, -0.15) is 8.78 Å². The van der Waals surface area contributed by atoms with Crippen LogP contribution in [-0.2, 0) is 11.3 Å². The summed E-state index contributed by atoms with van der Waals surface area (Å²) in [4.78, 5) is 12.2. The minimum absolute atomic E-state index is 0. The minimum atomic E-state index is -2.90. The Morgan fingerprint density at radius 3 is 2.83 bits per heavy atom. The lowest BCUT2D eigenvalue weighted by Crippen LogP contribution is -2.37. The molecule has 0 bridgehead atoms. The zero-order chi connectivity index (χ0) is 16.1. The fraction of sp³-hybridized carbons (Fsp3) is 0.533. The maximum absolute atomic E-state index is 12.4. The molecule has 2 atom stereocenters. The van der Waals surface area contributed by atoms with Crippen molar-refractivity contribution in [2.75, 3.05) is 0 Å². The lowest BCUT2D eigenvalue weighted by molar-refractivity contribution is -0.126. The highest BCUT2D eigenvalue weighted by Crippen LogP contribution is 2.26. The zero-order valence-corrected chi connectivity index (χ0v) is 14.8. The van der Waals surface area contributed by atoms with E-state index in [-0.39, 0.29) is 42.6 Å². The van der Waals surface area contributed by atoms with E-state index in [9.17, 15) is 13.6 Å². The van der Waals surface area contributed by atoms with Crippen molar-refractivity contribution in [3.05, 3.63) is 28.2 Å². The van der Waals surface area contributed by atoms with Crippen LogP contribution in [0.1, 0.15) is 31.2 Å². The lowest BCUT2D eigenvalue weighted by Gasteiger charge is -2.25. The van der Waals surface area contributed by atoms with Crippen molar-refractivity contribution in [1.82, 2.24) is 5.32 Å². The molecule has 130 valence electrons. The third-order valence-electron chi connectivity index (χ3n) is 3.78. The van der Waals surface area contributed by atoms with E-state index in [4.69, 9.17) is 5.73 Å². The fourth-order valence-electron chi connectivity index (χ4n) is 2.69. The van der Waals surface area contributed by atoms with Gasteiger partial charge in [0.25, 0.3) is 0 Å². The second kappa shape index (κ2) is 9.39. The first-order valence-electron chi connectivity index (χ1n) is 7.22. The summed E-state index contributed by atoms with van der Waals surface area (Å²) in [6.07, 6.45) is 3.38. The van der Waals surface area contributed by atoms with E-state index in [0.29, 0.717) is 12.0 Å². The van der Waals surface area contributed by atoms with Gasteiger partial charge in [-0.25, -0.2) is 0 Å². The summed E-state index contributed by atoms with van der Waals surface area (Å²) in [6.45, 7) is -2.75. The largest absolute Gasteiger partial charge is 0.434 e. The molecule has 4 nitrogen and oxygen atoms in total. The number of alkyl halides is 2. The Balaban J connectivity index is 0.00000264. The first-order chi connectivity index (χ1) is 10.5. The van der Waals surface area contributed by atoms with E-state index in [1.807, 2.05) is 0 Å². The van der Waals surface area contributed by atoms with Gasteiger partial charge in [0.2, 0.25) is 5.91 Å². The average Bonchev–Trinajstić information content (AvgIpc) is 2.46. The quantitative estimate of drug-likeness (QED) is 0.775. The van der Waals surface area contributed by atoms with Gasteiger partial charge in [0, 0.05) is 28.5 Å². The summed E-state index contributed by atoms with van der Waals surface area (Å²) in [7, 11) is 0. The molecule has 0 heterocycles. The molecule has 0 aromatic heterocycles. The molecule has 1 saturated carbocycles. The van der Waals surface area contributed by atoms with Crippen molar-refractivity contribution in [1.29, 1.82) is 0 Å². The highest BCUT2D eigenvalue weighted by molar-refractivity contribution is 9.10. The number of benzene rings is 1. The third kappa shape index (κ3) is 6.24. The smallest absolute Gasteiger partial charge is 0.387 e. The van der Waals surface area contributed by atoms with E-state index in [0.717, 1.165) is 23.7 Å². The van der Waals surface area contributed by atoms with Gasteiger partial charge in [-0.15, -0.1) is 12.4 Å². The highest BCUT2D eigenvalue weighted by Gasteiger charge is 2.25. The van der Waals surface area contributed by atoms with Crippen LogP contribution in [0.3, 0.4) is 0 Å². The summed E-state index contributed by atoms with van der Waals surface area (Å²) in [5, 5.41) is 2.79. The predicted octanol–water partition coefficient (Wildman–Crippen LogP) is 3.61. The molecule has 1 aromatic rings. The van der Waals surface area contributed by atoms with Crippen LogP contribution < -0.4 is 15.8 Å². The Kier molecular flexibility index (Phi) is 8.22. The molecule has 1 aliphatic carbocycles. The second-order valence-electron chi connectivity index (χ2n) is 5.47. The summed E-state index contributed by atoms with van der Waals surface area (Å²) < 4.78 is 30.0. The average molecular weight is 414 g/mol. The Morgan fingerprint density at radius 2 is 2.17 bits per heavy atom. The maximum atomic E-state index is 12.4. The molecule has 3 N–H and O–H groups in total. The van der Waals surface area contributed by atoms with Gasteiger partial charge >= 0.3 is 6.61 Å². The van der Waals surface area contributed by atoms with Crippen LogP contribution in [0.2, 0.25) is 0 Å². The normalized spacial score (nSPS) is 20.7. The fourth-order valence-corrected chi connectivity index (χ4v) is 3.10. The number of carbonyl (C=O) groups is 1. The molecular weight excluding hydrogens is 394 g/mol. The van der Waals surface area contributed by atoms with E-state index in [1.54, 1.807) is 12.1 Å². The highest BCUT2D eigenvalue weighted by atomic mass is 79.9. The SMILES string of the molecule is Cl.NC1CCCC(C(=O)NCc2cc(Br)ccc2OC(F)F)C1. The molecule has 2 rings (SSSR count). The number of halogens is 4. The van der Waals surface area contributed by atoms with E-state index >= 15 is 0 Å². The number of hydrogen-bond acceptors (Lipinski definition) is 3.